The van der Waals surface area contributed by atoms with Crippen molar-refractivity contribution >= 4 is 11.6 Å². The molecule has 1 aliphatic heterocycles. The van der Waals surface area contributed by atoms with Crippen molar-refractivity contribution in [2.45, 2.75) is 25.4 Å². The normalized spacial score (nSPS) is 18.8. The zero-order chi connectivity index (χ0) is 17.8. The van der Waals surface area contributed by atoms with Crippen LogP contribution in [0.4, 0.5) is 5.69 Å². The summed E-state index contributed by atoms with van der Waals surface area (Å²) in [5.41, 5.74) is 0.891. The summed E-state index contributed by atoms with van der Waals surface area (Å²) in [5, 5.41) is 14.0. The highest BCUT2D eigenvalue weighted by atomic mass is 16.6. The number of amides is 1. The van der Waals surface area contributed by atoms with Gasteiger partial charge in [-0.2, -0.15) is 0 Å². The van der Waals surface area contributed by atoms with Crippen LogP contribution in [0.25, 0.3) is 0 Å². The number of nitro groups is 1. The van der Waals surface area contributed by atoms with Gasteiger partial charge in [0.1, 0.15) is 5.75 Å². The van der Waals surface area contributed by atoms with Crippen LogP contribution in [0.1, 0.15) is 18.4 Å². The summed E-state index contributed by atoms with van der Waals surface area (Å²) in [6, 6.07) is 5.08. The monoisotopic (exact) mass is 348 g/mol. The lowest BCUT2D eigenvalue weighted by Crippen LogP contribution is -2.49. The molecular formula is C17H24N4O4. The lowest BCUT2D eigenvalue weighted by Gasteiger charge is -2.34. The van der Waals surface area contributed by atoms with Crippen LogP contribution >= 0.6 is 0 Å². The van der Waals surface area contributed by atoms with Crippen molar-refractivity contribution < 1.29 is 14.5 Å². The Kier molecular flexibility index (Phi) is 5.50. The molecular weight excluding hydrogens is 324 g/mol. The Morgan fingerprint density at radius 3 is 2.56 bits per heavy atom. The van der Waals surface area contributed by atoms with Gasteiger partial charge >= 0.3 is 0 Å². The number of non-ortho nitro benzene ring substituents is 1. The van der Waals surface area contributed by atoms with E-state index in [9.17, 15) is 14.9 Å². The van der Waals surface area contributed by atoms with E-state index in [1.807, 2.05) is 0 Å². The Hall–Kier alpha value is -2.19. The average Bonchev–Trinajstić information content (AvgIpc) is 3.40. The standard InChI is InChI=1S/C17H24N4O4/c1-25-16-5-4-15(21(23)24)10-13(16)11-19-6-8-20(9-7-19)12-17(22)18-14-2-3-14/h4-5,10,14H,2-3,6-9,11-12H2,1H3,(H,18,22). The summed E-state index contributed by atoms with van der Waals surface area (Å²) in [4.78, 5) is 26.8. The van der Waals surface area contributed by atoms with E-state index in [2.05, 4.69) is 15.1 Å². The number of rotatable bonds is 7. The van der Waals surface area contributed by atoms with E-state index in [0.717, 1.165) is 44.6 Å². The molecule has 25 heavy (non-hydrogen) atoms. The predicted octanol–water partition coefficient (Wildman–Crippen LogP) is 1.000. The van der Waals surface area contributed by atoms with Crippen LogP contribution in [-0.2, 0) is 11.3 Å². The molecule has 0 atom stereocenters. The second kappa shape index (κ2) is 7.79. The van der Waals surface area contributed by atoms with E-state index in [1.165, 1.54) is 6.07 Å². The van der Waals surface area contributed by atoms with Crippen LogP contribution in [0.15, 0.2) is 18.2 Å². The Labute approximate surface area is 146 Å². The average molecular weight is 348 g/mol. The number of carbonyl (C=O) groups is 1. The maximum atomic E-state index is 11.9. The number of hydrogen-bond acceptors (Lipinski definition) is 6. The quantitative estimate of drug-likeness (QED) is 0.584. The molecule has 8 nitrogen and oxygen atoms in total. The van der Waals surface area contributed by atoms with Gasteiger partial charge in [-0.1, -0.05) is 0 Å². The summed E-state index contributed by atoms with van der Waals surface area (Å²) in [6.45, 7) is 4.33. The molecule has 1 amide bonds. The second-order valence-electron chi connectivity index (χ2n) is 6.65. The highest BCUT2D eigenvalue weighted by Crippen LogP contribution is 2.25. The molecule has 2 fully saturated rings. The number of piperazine rings is 1. The van der Waals surface area contributed by atoms with E-state index < -0.39 is 0 Å². The van der Waals surface area contributed by atoms with Gasteiger partial charge in [-0.05, 0) is 18.9 Å². The minimum Gasteiger partial charge on any atom is -0.496 e. The minimum atomic E-state index is -0.390. The Morgan fingerprint density at radius 2 is 1.96 bits per heavy atom. The number of hydrogen-bond donors (Lipinski definition) is 1. The highest BCUT2D eigenvalue weighted by molar-refractivity contribution is 5.78. The highest BCUT2D eigenvalue weighted by Gasteiger charge is 2.25. The summed E-state index contributed by atoms with van der Waals surface area (Å²) in [7, 11) is 1.57. The summed E-state index contributed by atoms with van der Waals surface area (Å²) >= 11 is 0. The molecule has 3 rings (SSSR count). The van der Waals surface area contributed by atoms with E-state index >= 15 is 0 Å². The second-order valence-corrected chi connectivity index (χ2v) is 6.65. The first-order valence-corrected chi connectivity index (χ1v) is 8.60. The lowest BCUT2D eigenvalue weighted by atomic mass is 10.1. The van der Waals surface area contributed by atoms with Crippen LogP contribution in [0.5, 0.6) is 5.75 Å². The fraction of sp³-hybridized carbons (Fsp3) is 0.588. The molecule has 0 bridgehead atoms. The first kappa shape index (κ1) is 17.6. The molecule has 1 aromatic carbocycles. The van der Waals surface area contributed by atoms with Gasteiger partial charge in [0.05, 0.1) is 18.6 Å². The van der Waals surface area contributed by atoms with Crippen LogP contribution in [0, 0.1) is 10.1 Å². The van der Waals surface area contributed by atoms with Crippen molar-refractivity contribution in [1.29, 1.82) is 0 Å². The van der Waals surface area contributed by atoms with Crippen molar-refractivity contribution in [2.75, 3.05) is 39.8 Å². The van der Waals surface area contributed by atoms with Gasteiger partial charge in [-0.25, -0.2) is 0 Å². The third-order valence-electron chi connectivity index (χ3n) is 4.64. The van der Waals surface area contributed by atoms with E-state index in [0.29, 0.717) is 24.9 Å². The molecule has 1 aliphatic carbocycles. The summed E-state index contributed by atoms with van der Waals surface area (Å²) in [6.07, 6.45) is 2.20. The summed E-state index contributed by atoms with van der Waals surface area (Å²) < 4.78 is 5.33. The largest absolute Gasteiger partial charge is 0.496 e. The fourth-order valence-electron chi connectivity index (χ4n) is 3.05. The fourth-order valence-corrected chi connectivity index (χ4v) is 3.05. The van der Waals surface area contributed by atoms with Crippen LogP contribution in [0.2, 0.25) is 0 Å². The molecule has 1 saturated carbocycles. The molecule has 1 heterocycles. The Morgan fingerprint density at radius 1 is 1.28 bits per heavy atom. The Balaban J connectivity index is 1.52. The van der Waals surface area contributed by atoms with E-state index in [4.69, 9.17) is 4.74 Å². The Bertz CT molecular complexity index is 640. The van der Waals surface area contributed by atoms with Crippen LogP contribution < -0.4 is 10.1 Å². The topological polar surface area (TPSA) is 88.0 Å². The smallest absolute Gasteiger partial charge is 0.270 e. The van der Waals surface area contributed by atoms with Crippen molar-refractivity contribution in [2.24, 2.45) is 0 Å². The predicted molar refractivity (Wildman–Crippen MR) is 92.5 cm³/mol. The zero-order valence-corrected chi connectivity index (χ0v) is 14.4. The van der Waals surface area contributed by atoms with Crippen molar-refractivity contribution in [3.05, 3.63) is 33.9 Å². The summed E-state index contributed by atoms with van der Waals surface area (Å²) in [5.74, 6) is 0.771. The molecule has 2 aliphatic rings. The van der Waals surface area contributed by atoms with Crippen molar-refractivity contribution in [3.63, 3.8) is 0 Å². The van der Waals surface area contributed by atoms with Gasteiger partial charge in [0.2, 0.25) is 5.91 Å². The number of nitrogens with one attached hydrogen (secondary N) is 1. The first-order chi connectivity index (χ1) is 12.0. The number of methoxy groups -OCH3 is 1. The van der Waals surface area contributed by atoms with Gasteiger partial charge < -0.3 is 10.1 Å². The minimum absolute atomic E-state index is 0.0752. The molecule has 8 heteroatoms. The molecule has 1 saturated heterocycles. The van der Waals surface area contributed by atoms with Gasteiger partial charge in [-0.3, -0.25) is 24.7 Å². The number of nitro benzene ring substituents is 1. The van der Waals surface area contributed by atoms with Crippen molar-refractivity contribution in [3.8, 4) is 5.75 Å². The number of ether oxygens (including phenoxy) is 1. The zero-order valence-electron chi connectivity index (χ0n) is 14.4. The molecule has 0 unspecified atom stereocenters. The van der Waals surface area contributed by atoms with E-state index in [-0.39, 0.29) is 16.5 Å². The SMILES string of the molecule is COc1ccc([N+](=O)[O-])cc1CN1CCN(CC(=O)NC2CC2)CC1. The van der Waals surface area contributed by atoms with Crippen LogP contribution in [0.3, 0.4) is 0 Å². The number of benzene rings is 1. The molecule has 1 aromatic rings. The van der Waals surface area contributed by atoms with Gasteiger partial charge in [0.25, 0.3) is 5.69 Å². The first-order valence-electron chi connectivity index (χ1n) is 8.60. The van der Waals surface area contributed by atoms with E-state index in [1.54, 1.807) is 19.2 Å². The maximum Gasteiger partial charge on any atom is 0.270 e. The van der Waals surface area contributed by atoms with Gasteiger partial charge in [0, 0.05) is 56.5 Å². The van der Waals surface area contributed by atoms with Crippen LogP contribution in [-0.4, -0.2) is 66.5 Å². The molecule has 136 valence electrons. The number of carbonyl (C=O) groups excluding carboxylic acids is 1. The molecule has 0 spiro atoms. The van der Waals surface area contributed by atoms with Crippen molar-refractivity contribution in [1.82, 2.24) is 15.1 Å². The maximum absolute atomic E-state index is 11.9. The van der Waals surface area contributed by atoms with Gasteiger partial charge in [0.15, 0.2) is 0 Å². The molecule has 0 radical (unpaired) electrons. The number of nitrogens with zero attached hydrogens (tertiary/aromatic N) is 3. The lowest BCUT2D eigenvalue weighted by molar-refractivity contribution is -0.385. The molecule has 1 N–H and O–H groups in total. The molecule has 0 aromatic heterocycles. The third-order valence-corrected chi connectivity index (χ3v) is 4.64. The third kappa shape index (κ3) is 4.90. The van der Waals surface area contributed by atoms with Gasteiger partial charge in [-0.15, -0.1) is 0 Å².